The van der Waals surface area contributed by atoms with Crippen LogP contribution in [0.2, 0.25) is 0 Å². The van der Waals surface area contributed by atoms with Crippen LogP contribution in [0.5, 0.6) is 0 Å². The summed E-state index contributed by atoms with van der Waals surface area (Å²) < 4.78 is 7.04. The van der Waals surface area contributed by atoms with Crippen LogP contribution in [-0.4, -0.2) is 48.0 Å². The van der Waals surface area contributed by atoms with Gasteiger partial charge < -0.3 is 15.4 Å². The van der Waals surface area contributed by atoms with Crippen molar-refractivity contribution in [1.82, 2.24) is 20.4 Å². The fourth-order valence-electron chi connectivity index (χ4n) is 3.05. The molecule has 3 rings (SSSR count). The molecular formula is C15H24N4O2. The number of hydrogen-bond acceptors (Lipinski definition) is 4. The van der Waals surface area contributed by atoms with E-state index in [-0.39, 0.29) is 11.9 Å². The van der Waals surface area contributed by atoms with E-state index in [9.17, 15) is 4.79 Å². The maximum Gasteiger partial charge on any atom is 0.241 e. The molecule has 0 saturated carbocycles. The van der Waals surface area contributed by atoms with Crippen LogP contribution >= 0.6 is 0 Å². The molecule has 2 fully saturated rings. The van der Waals surface area contributed by atoms with Crippen LogP contribution in [0, 0.1) is 0 Å². The zero-order valence-corrected chi connectivity index (χ0v) is 12.4. The van der Waals surface area contributed by atoms with Crippen molar-refractivity contribution in [3.63, 3.8) is 0 Å². The number of carbonyl (C=O) groups excluding carboxylic acids is 1. The zero-order chi connectivity index (χ0) is 14.5. The maximum atomic E-state index is 12.0. The van der Waals surface area contributed by atoms with Crippen LogP contribution in [0.3, 0.4) is 0 Å². The summed E-state index contributed by atoms with van der Waals surface area (Å²) in [6.45, 7) is 3.88. The smallest absolute Gasteiger partial charge is 0.241 e. The second-order valence-corrected chi connectivity index (χ2v) is 5.94. The molecule has 0 aromatic carbocycles. The molecule has 0 aliphatic carbocycles. The van der Waals surface area contributed by atoms with Crippen LogP contribution in [0.15, 0.2) is 12.3 Å². The Labute approximate surface area is 125 Å². The summed E-state index contributed by atoms with van der Waals surface area (Å²) >= 11 is 0. The van der Waals surface area contributed by atoms with E-state index in [2.05, 4.69) is 15.7 Å². The molecule has 6 heteroatoms. The molecule has 1 amide bonds. The Kier molecular flexibility index (Phi) is 4.87. The first kappa shape index (κ1) is 14.5. The molecule has 3 heterocycles. The summed E-state index contributed by atoms with van der Waals surface area (Å²) in [5.74, 6) is 0.525. The van der Waals surface area contributed by atoms with Gasteiger partial charge >= 0.3 is 0 Å². The third-order valence-corrected chi connectivity index (χ3v) is 4.27. The molecule has 6 nitrogen and oxygen atoms in total. The highest BCUT2D eigenvalue weighted by Gasteiger charge is 2.19. The minimum Gasteiger partial charge on any atom is -0.381 e. The van der Waals surface area contributed by atoms with Gasteiger partial charge in [0.05, 0.1) is 5.69 Å². The quantitative estimate of drug-likeness (QED) is 0.855. The van der Waals surface area contributed by atoms with Gasteiger partial charge in [-0.3, -0.25) is 9.48 Å². The van der Waals surface area contributed by atoms with Crippen molar-refractivity contribution >= 4 is 5.91 Å². The number of rotatable bonds is 4. The van der Waals surface area contributed by atoms with E-state index in [0.717, 1.165) is 44.8 Å². The van der Waals surface area contributed by atoms with Crippen LogP contribution in [0.4, 0.5) is 0 Å². The maximum absolute atomic E-state index is 12.0. The average molecular weight is 292 g/mol. The number of carbonyl (C=O) groups is 1. The van der Waals surface area contributed by atoms with E-state index in [1.807, 2.05) is 12.3 Å². The van der Waals surface area contributed by atoms with Gasteiger partial charge in [-0.15, -0.1) is 0 Å². The molecule has 1 unspecified atom stereocenters. The molecule has 1 atom stereocenters. The largest absolute Gasteiger partial charge is 0.381 e. The van der Waals surface area contributed by atoms with Crippen molar-refractivity contribution in [3.8, 4) is 0 Å². The Hall–Kier alpha value is -1.40. The fourth-order valence-corrected chi connectivity index (χ4v) is 3.05. The van der Waals surface area contributed by atoms with Gasteiger partial charge in [-0.05, 0) is 38.3 Å². The van der Waals surface area contributed by atoms with Crippen molar-refractivity contribution in [3.05, 3.63) is 18.0 Å². The standard InChI is InChI=1S/C15H24N4O2/c20-15(17-13-4-8-21-9-5-13)11-19-7-3-14(18-19)12-2-1-6-16-10-12/h3,7,12-13,16H,1-2,4-6,8-11H2,(H,17,20). The van der Waals surface area contributed by atoms with Crippen LogP contribution in [0.1, 0.15) is 37.3 Å². The van der Waals surface area contributed by atoms with E-state index in [1.54, 1.807) is 4.68 Å². The summed E-state index contributed by atoms with van der Waals surface area (Å²) in [6.07, 6.45) is 6.10. The summed E-state index contributed by atoms with van der Waals surface area (Å²) in [5.41, 5.74) is 1.10. The third-order valence-electron chi connectivity index (χ3n) is 4.27. The van der Waals surface area contributed by atoms with E-state index in [4.69, 9.17) is 4.74 Å². The number of nitrogens with zero attached hydrogens (tertiary/aromatic N) is 2. The molecule has 0 bridgehead atoms. The van der Waals surface area contributed by atoms with Gasteiger partial charge in [0.25, 0.3) is 0 Å². The Morgan fingerprint density at radius 2 is 2.29 bits per heavy atom. The van der Waals surface area contributed by atoms with E-state index < -0.39 is 0 Å². The van der Waals surface area contributed by atoms with Gasteiger partial charge in [0, 0.05) is 37.9 Å². The molecular weight excluding hydrogens is 268 g/mol. The first-order valence-corrected chi connectivity index (χ1v) is 7.92. The Bertz CT molecular complexity index is 462. The second-order valence-electron chi connectivity index (χ2n) is 5.94. The Morgan fingerprint density at radius 3 is 3.05 bits per heavy atom. The van der Waals surface area contributed by atoms with Gasteiger partial charge in [0.15, 0.2) is 0 Å². The van der Waals surface area contributed by atoms with Crippen molar-refractivity contribution in [2.45, 2.75) is 44.2 Å². The lowest BCUT2D eigenvalue weighted by atomic mass is 9.97. The second kappa shape index (κ2) is 7.04. The Balaban J connectivity index is 1.50. The lowest BCUT2D eigenvalue weighted by molar-refractivity contribution is -0.123. The van der Waals surface area contributed by atoms with Crippen molar-refractivity contribution < 1.29 is 9.53 Å². The summed E-state index contributed by atoms with van der Waals surface area (Å²) in [4.78, 5) is 12.0. The monoisotopic (exact) mass is 292 g/mol. The highest BCUT2D eigenvalue weighted by Crippen LogP contribution is 2.21. The first-order chi connectivity index (χ1) is 10.3. The average Bonchev–Trinajstić information content (AvgIpc) is 2.97. The number of amides is 1. The number of piperidine rings is 1. The van der Waals surface area contributed by atoms with Gasteiger partial charge in [-0.1, -0.05) is 0 Å². The SMILES string of the molecule is O=C(Cn1ccc(C2CCCNC2)n1)NC1CCOCC1. The topological polar surface area (TPSA) is 68.2 Å². The first-order valence-electron chi connectivity index (χ1n) is 7.92. The molecule has 2 aliphatic heterocycles. The molecule has 0 spiro atoms. The predicted octanol–water partition coefficient (Wildman–Crippen LogP) is 0.645. The summed E-state index contributed by atoms with van der Waals surface area (Å²) in [5, 5.41) is 11.0. The number of aromatic nitrogens is 2. The van der Waals surface area contributed by atoms with Crippen LogP contribution < -0.4 is 10.6 Å². The number of hydrogen-bond donors (Lipinski definition) is 2. The minimum atomic E-state index is 0.0401. The predicted molar refractivity (Wildman–Crippen MR) is 79.1 cm³/mol. The van der Waals surface area contributed by atoms with E-state index in [1.165, 1.54) is 12.8 Å². The zero-order valence-electron chi connectivity index (χ0n) is 12.4. The number of nitrogens with one attached hydrogen (secondary N) is 2. The summed E-state index contributed by atoms with van der Waals surface area (Å²) in [7, 11) is 0. The molecule has 2 aliphatic rings. The minimum absolute atomic E-state index is 0.0401. The molecule has 0 radical (unpaired) electrons. The molecule has 2 N–H and O–H groups in total. The van der Waals surface area contributed by atoms with E-state index in [0.29, 0.717) is 12.5 Å². The van der Waals surface area contributed by atoms with Gasteiger partial charge in [-0.2, -0.15) is 5.10 Å². The molecule has 116 valence electrons. The third kappa shape index (κ3) is 4.04. The normalized spacial score (nSPS) is 23.9. The van der Waals surface area contributed by atoms with Crippen LogP contribution in [0.25, 0.3) is 0 Å². The van der Waals surface area contributed by atoms with Crippen molar-refractivity contribution in [2.24, 2.45) is 0 Å². The lowest BCUT2D eigenvalue weighted by Crippen LogP contribution is -2.40. The molecule has 1 aromatic rings. The van der Waals surface area contributed by atoms with Crippen LogP contribution in [-0.2, 0) is 16.1 Å². The van der Waals surface area contributed by atoms with E-state index >= 15 is 0 Å². The van der Waals surface area contributed by atoms with Gasteiger partial charge in [0.1, 0.15) is 6.54 Å². The highest BCUT2D eigenvalue weighted by atomic mass is 16.5. The van der Waals surface area contributed by atoms with Gasteiger partial charge in [0.2, 0.25) is 5.91 Å². The fraction of sp³-hybridized carbons (Fsp3) is 0.733. The summed E-state index contributed by atoms with van der Waals surface area (Å²) in [6, 6.07) is 2.29. The van der Waals surface area contributed by atoms with Crippen molar-refractivity contribution in [2.75, 3.05) is 26.3 Å². The Morgan fingerprint density at radius 1 is 1.43 bits per heavy atom. The highest BCUT2D eigenvalue weighted by molar-refractivity contribution is 5.75. The number of ether oxygens (including phenoxy) is 1. The van der Waals surface area contributed by atoms with Crippen molar-refractivity contribution in [1.29, 1.82) is 0 Å². The molecule has 21 heavy (non-hydrogen) atoms. The van der Waals surface area contributed by atoms with Gasteiger partial charge in [-0.25, -0.2) is 0 Å². The lowest BCUT2D eigenvalue weighted by Gasteiger charge is -2.23. The molecule has 1 aromatic heterocycles. The molecule has 2 saturated heterocycles.